The highest BCUT2D eigenvalue weighted by Gasteiger charge is 2.07. The molecule has 0 spiro atoms. The maximum Gasteiger partial charge on any atom is 0.192 e. The number of hydrogen-bond donors (Lipinski definition) is 2. The van der Waals surface area contributed by atoms with Gasteiger partial charge in [0.25, 0.3) is 0 Å². The molecule has 0 bridgehead atoms. The molecule has 1 rings (SSSR count). The van der Waals surface area contributed by atoms with Gasteiger partial charge in [0.15, 0.2) is 5.96 Å². The van der Waals surface area contributed by atoms with E-state index in [1.54, 1.807) is 0 Å². The second-order valence-corrected chi connectivity index (χ2v) is 3.23. The zero-order valence-electron chi connectivity index (χ0n) is 8.94. The molecule has 0 saturated heterocycles. The van der Waals surface area contributed by atoms with Crippen LogP contribution in [-0.4, -0.2) is 12.5 Å². The van der Waals surface area contributed by atoms with Crippen molar-refractivity contribution in [3.63, 3.8) is 0 Å². The highest BCUT2D eigenvalue weighted by Crippen LogP contribution is 2.13. The first-order chi connectivity index (χ1) is 6.75. The number of halogens is 1. The quantitative estimate of drug-likeness (QED) is 0.614. The predicted molar refractivity (Wildman–Crippen MR) is 67.9 cm³/mol. The number of hydrogen-bond acceptors (Lipinski definition) is 1. The van der Waals surface area contributed by atoms with Crippen molar-refractivity contribution in [2.75, 3.05) is 11.4 Å². The highest BCUT2D eigenvalue weighted by molar-refractivity contribution is 5.92. The Hall–Kier alpha value is -1.22. The predicted octanol–water partition coefficient (Wildman–Crippen LogP) is 2.61. The van der Waals surface area contributed by atoms with E-state index in [-0.39, 0.29) is 18.4 Å². The number of anilines is 1. The normalized spacial score (nSPS) is 9.13. The summed E-state index contributed by atoms with van der Waals surface area (Å²) >= 11 is 0. The van der Waals surface area contributed by atoms with E-state index < -0.39 is 0 Å². The summed E-state index contributed by atoms with van der Waals surface area (Å²) in [4.78, 5) is 1.82. The lowest BCUT2D eigenvalue weighted by Gasteiger charge is -2.22. The molecule has 0 heterocycles. The second kappa shape index (κ2) is 7.12. The summed E-state index contributed by atoms with van der Waals surface area (Å²) in [5.41, 5.74) is 6.51. The van der Waals surface area contributed by atoms with Crippen LogP contribution >= 0.6 is 12.4 Å². The molecule has 0 aliphatic heterocycles. The summed E-state index contributed by atoms with van der Waals surface area (Å²) in [7, 11) is 0. The van der Waals surface area contributed by atoms with Crippen LogP contribution in [0.1, 0.15) is 19.8 Å². The highest BCUT2D eigenvalue weighted by atomic mass is 35.5. The minimum atomic E-state index is 0. The zero-order valence-corrected chi connectivity index (χ0v) is 9.76. The van der Waals surface area contributed by atoms with Crippen LogP contribution in [0.15, 0.2) is 30.3 Å². The molecular formula is C11H18ClN3. The van der Waals surface area contributed by atoms with Gasteiger partial charge in [0.1, 0.15) is 0 Å². The van der Waals surface area contributed by atoms with Gasteiger partial charge in [0.05, 0.1) is 0 Å². The van der Waals surface area contributed by atoms with E-state index in [0.717, 1.165) is 25.1 Å². The van der Waals surface area contributed by atoms with Gasteiger partial charge in [-0.2, -0.15) is 0 Å². The molecule has 0 aliphatic rings. The fourth-order valence-corrected chi connectivity index (χ4v) is 1.31. The molecule has 3 N–H and O–H groups in total. The molecule has 0 aromatic heterocycles. The van der Waals surface area contributed by atoms with Gasteiger partial charge in [-0.25, -0.2) is 0 Å². The van der Waals surface area contributed by atoms with Crippen molar-refractivity contribution >= 4 is 24.1 Å². The van der Waals surface area contributed by atoms with E-state index in [9.17, 15) is 0 Å². The number of guanidine groups is 1. The van der Waals surface area contributed by atoms with Crippen LogP contribution in [0.4, 0.5) is 5.69 Å². The maximum atomic E-state index is 7.47. The zero-order chi connectivity index (χ0) is 10.4. The molecule has 0 amide bonds. The minimum Gasteiger partial charge on any atom is -0.370 e. The third kappa shape index (κ3) is 4.21. The number of para-hydroxylation sites is 1. The SMILES string of the molecule is CCCCN(C(=N)N)c1ccccc1.Cl. The van der Waals surface area contributed by atoms with E-state index in [2.05, 4.69) is 6.92 Å². The molecule has 0 fully saturated rings. The molecular weight excluding hydrogens is 210 g/mol. The number of nitrogens with one attached hydrogen (secondary N) is 1. The van der Waals surface area contributed by atoms with Crippen molar-refractivity contribution in [2.45, 2.75) is 19.8 Å². The van der Waals surface area contributed by atoms with E-state index in [4.69, 9.17) is 11.1 Å². The van der Waals surface area contributed by atoms with Gasteiger partial charge in [-0.1, -0.05) is 31.5 Å². The molecule has 0 radical (unpaired) electrons. The molecule has 0 atom stereocenters. The Labute approximate surface area is 97.2 Å². The molecule has 0 aliphatic carbocycles. The molecule has 1 aromatic carbocycles. The Balaban J connectivity index is 0.00000196. The van der Waals surface area contributed by atoms with Gasteiger partial charge < -0.3 is 10.6 Å². The third-order valence-electron chi connectivity index (χ3n) is 2.09. The van der Waals surface area contributed by atoms with E-state index in [1.165, 1.54) is 0 Å². The van der Waals surface area contributed by atoms with Crippen LogP contribution in [0.25, 0.3) is 0 Å². The number of nitrogens with zero attached hydrogens (tertiary/aromatic N) is 1. The van der Waals surface area contributed by atoms with Crippen molar-refractivity contribution < 1.29 is 0 Å². The topological polar surface area (TPSA) is 53.1 Å². The van der Waals surface area contributed by atoms with Crippen molar-refractivity contribution in [2.24, 2.45) is 5.73 Å². The Morgan fingerprint density at radius 2 is 1.93 bits per heavy atom. The molecule has 0 unspecified atom stereocenters. The summed E-state index contributed by atoms with van der Waals surface area (Å²) in [6.07, 6.45) is 2.16. The van der Waals surface area contributed by atoms with Gasteiger partial charge in [0, 0.05) is 12.2 Å². The fraction of sp³-hybridized carbons (Fsp3) is 0.364. The summed E-state index contributed by atoms with van der Waals surface area (Å²) in [5, 5.41) is 7.47. The molecule has 0 saturated carbocycles. The van der Waals surface area contributed by atoms with Crippen LogP contribution in [-0.2, 0) is 0 Å². The van der Waals surface area contributed by atoms with Crippen molar-refractivity contribution in [1.82, 2.24) is 0 Å². The summed E-state index contributed by atoms with van der Waals surface area (Å²) in [5.74, 6) is 0.115. The first-order valence-corrected chi connectivity index (χ1v) is 4.92. The first-order valence-electron chi connectivity index (χ1n) is 4.92. The van der Waals surface area contributed by atoms with Crippen molar-refractivity contribution in [3.8, 4) is 0 Å². The molecule has 1 aromatic rings. The van der Waals surface area contributed by atoms with Gasteiger partial charge >= 0.3 is 0 Å². The van der Waals surface area contributed by atoms with Crippen molar-refractivity contribution in [1.29, 1.82) is 5.41 Å². The van der Waals surface area contributed by atoms with Crippen molar-refractivity contribution in [3.05, 3.63) is 30.3 Å². The number of rotatable bonds is 4. The molecule has 4 heteroatoms. The number of nitrogens with two attached hydrogens (primary N) is 1. The Morgan fingerprint density at radius 1 is 1.33 bits per heavy atom. The Morgan fingerprint density at radius 3 is 2.40 bits per heavy atom. The summed E-state index contributed by atoms with van der Waals surface area (Å²) in [6.45, 7) is 2.94. The van der Waals surface area contributed by atoms with Crippen LogP contribution < -0.4 is 10.6 Å². The van der Waals surface area contributed by atoms with Crippen LogP contribution in [0, 0.1) is 5.41 Å². The van der Waals surface area contributed by atoms with Gasteiger partial charge in [-0.3, -0.25) is 5.41 Å². The Kier molecular flexibility index (Phi) is 6.54. The lowest BCUT2D eigenvalue weighted by atomic mass is 10.2. The summed E-state index contributed by atoms with van der Waals surface area (Å²) < 4.78 is 0. The third-order valence-corrected chi connectivity index (χ3v) is 2.09. The van der Waals surface area contributed by atoms with E-state index >= 15 is 0 Å². The fourth-order valence-electron chi connectivity index (χ4n) is 1.31. The molecule has 3 nitrogen and oxygen atoms in total. The van der Waals surface area contributed by atoms with Crippen LogP contribution in [0.5, 0.6) is 0 Å². The lowest BCUT2D eigenvalue weighted by Crippen LogP contribution is -2.37. The van der Waals surface area contributed by atoms with Crippen LogP contribution in [0.3, 0.4) is 0 Å². The average Bonchev–Trinajstić information content (AvgIpc) is 2.19. The van der Waals surface area contributed by atoms with Gasteiger partial charge in [-0.15, -0.1) is 12.4 Å². The van der Waals surface area contributed by atoms with Crippen LogP contribution in [0.2, 0.25) is 0 Å². The van der Waals surface area contributed by atoms with Gasteiger partial charge in [-0.05, 0) is 18.6 Å². The second-order valence-electron chi connectivity index (χ2n) is 3.23. The number of benzene rings is 1. The minimum absolute atomic E-state index is 0. The average molecular weight is 228 g/mol. The summed E-state index contributed by atoms with van der Waals surface area (Å²) in [6, 6.07) is 9.81. The molecule has 15 heavy (non-hydrogen) atoms. The van der Waals surface area contributed by atoms with Gasteiger partial charge in [0.2, 0.25) is 0 Å². The number of unbranched alkanes of at least 4 members (excludes halogenated alkanes) is 1. The first kappa shape index (κ1) is 13.8. The van der Waals surface area contributed by atoms with E-state index in [1.807, 2.05) is 35.2 Å². The Bertz CT molecular complexity index is 287. The molecule has 84 valence electrons. The largest absolute Gasteiger partial charge is 0.370 e. The monoisotopic (exact) mass is 227 g/mol. The smallest absolute Gasteiger partial charge is 0.192 e. The lowest BCUT2D eigenvalue weighted by molar-refractivity contribution is 0.791. The van der Waals surface area contributed by atoms with E-state index in [0.29, 0.717) is 0 Å². The maximum absolute atomic E-state index is 7.47. The standard InChI is InChI=1S/C11H17N3.ClH/c1-2-3-9-14(11(12)13)10-7-5-4-6-8-10;/h4-8H,2-3,9H2,1H3,(H3,12,13);1H.